The zero-order valence-electron chi connectivity index (χ0n) is 12.8. The van der Waals surface area contributed by atoms with Gasteiger partial charge in [-0.2, -0.15) is 5.10 Å². The smallest absolute Gasteiger partial charge is 0.325 e. The Labute approximate surface area is 128 Å². The van der Waals surface area contributed by atoms with Gasteiger partial charge in [0.2, 0.25) is 0 Å². The SMILES string of the molecule is Cc1cc(C)n(Cc2ccc(C(=O)NC(C)C(=O)O)cc2)n1. The molecule has 1 unspecified atom stereocenters. The molecule has 2 rings (SSSR count). The van der Waals surface area contributed by atoms with E-state index in [4.69, 9.17) is 5.11 Å². The van der Waals surface area contributed by atoms with Crippen LogP contribution in [0.3, 0.4) is 0 Å². The third kappa shape index (κ3) is 3.72. The van der Waals surface area contributed by atoms with E-state index in [1.165, 1.54) is 6.92 Å². The minimum atomic E-state index is -1.06. The highest BCUT2D eigenvalue weighted by Crippen LogP contribution is 2.09. The van der Waals surface area contributed by atoms with E-state index >= 15 is 0 Å². The quantitative estimate of drug-likeness (QED) is 0.881. The zero-order valence-corrected chi connectivity index (χ0v) is 12.8. The standard InChI is InChI=1S/C16H19N3O3/c1-10-8-11(2)19(18-10)9-13-4-6-14(7-5-13)15(20)17-12(3)16(21)22/h4-8,12H,9H2,1-3H3,(H,17,20)(H,21,22). The van der Waals surface area contributed by atoms with Crippen LogP contribution < -0.4 is 5.32 Å². The lowest BCUT2D eigenvalue weighted by Gasteiger charge is -2.10. The van der Waals surface area contributed by atoms with Crippen molar-refractivity contribution in [1.29, 1.82) is 0 Å². The van der Waals surface area contributed by atoms with Gasteiger partial charge in [0, 0.05) is 11.3 Å². The van der Waals surface area contributed by atoms with Crippen LogP contribution in [-0.4, -0.2) is 32.8 Å². The van der Waals surface area contributed by atoms with Crippen molar-refractivity contribution in [2.45, 2.75) is 33.4 Å². The van der Waals surface area contributed by atoms with Crippen LogP contribution in [0.25, 0.3) is 0 Å². The molecular formula is C16H19N3O3. The first-order valence-electron chi connectivity index (χ1n) is 7.00. The Morgan fingerprint density at radius 3 is 2.41 bits per heavy atom. The summed E-state index contributed by atoms with van der Waals surface area (Å²) < 4.78 is 1.90. The number of benzene rings is 1. The van der Waals surface area contributed by atoms with Crippen molar-refractivity contribution >= 4 is 11.9 Å². The minimum Gasteiger partial charge on any atom is -0.480 e. The van der Waals surface area contributed by atoms with Crippen molar-refractivity contribution < 1.29 is 14.7 Å². The molecule has 2 N–H and O–H groups in total. The van der Waals surface area contributed by atoms with Gasteiger partial charge >= 0.3 is 5.97 Å². The Bertz CT molecular complexity index is 689. The summed E-state index contributed by atoms with van der Waals surface area (Å²) in [6.45, 7) is 6.00. The van der Waals surface area contributed by atoms with Crippen LogP contribution in [0.2, 0.25) is 0 Å². The number of nitrogens with one attached hydrogen (secondary N) is 1. The Kier molecular flexibility index (Phi) is 4.60. The number of rotatable bonds is 5. The summed E-state index contributed by atoms with van der Waals surface area (Å²) >= 11 is 0. The van der Waals surface area contributed by atoms with Crippen LogP contribution in [0.5, 0.6) is 0 Å². The molecule has 1 amide bonds. The first-order chi connectivity index (χ1) is 10.4. The molecule has 1 atom stereocenters. The molecule has 0 radical (unpaired) electrons. The van der Waals surface area contributed by atoms with Gasteiger partial charge in [-0.05, 0) is 44.5 Å². The molecule has 0 aliphatic rings. The Balaban J connectivity index is 2.05. The summed E-state index contributed by atoms with van der Waals surface area (Å²) in [6.07, 6.45) is 0. The van der Waals surface area contributed by atoms with Crippen molar-refractivity contribution in [3.8, 4) is 0 Å². The second kappa shape index (κ2) is 6.43. The van der Waals surface area contributed by atoms with E-state index in [1.54, 1.807) is 12.1 Å². The fraction of sp³-hybridized carbons (Fsp3) is 0.312. The van der Waals surface area contributed by atoms with E-state index < -0.39 is 17.9 Å². The summed E-state index contributed by atoms with van der Waals surface area (Å²) in [4.78, 5) is 22.6. The summed E-state index contributed by atoms with van der Waals surface area (Å²) in [6, 6.07) is 8.15. The lowest BCUT2D eigenvalue weighted by Crippen LogP contribution is -2.38. The molecule has 0 aliphatic carbocycles. The van der Waals surface area contributed by atoms with Gasteiger partial charge in [-0.15, -0.1) is 0 Å². The molecule has 22 heavy (non-hydrogen) atoms. The number of hydrogen-bond donors (Lipinski definition) is 2. The van der Waals surface area contributed by atoms with Crippen molar-refractivity contribution in [3.63, 3.8) is 0 Å². The van der Waals surface area contributed by atoms with Crippen LogP contribution in [-0.2, 0) is 11.3 Å². The largest absolute Gasteiger partial charge is 0.480 e. The van der Waals surface area contributed by atoms with Gasteiger partial charge in [-0.25, -0.2) is 0 Å². The second-order valence-corrected chi connectivity index (χ2v) is 5.32. The van der Waals surface area contributed by atoms with Crippen LogP contribution in [0.1, 0.15) is 34.2 Å². The maximum absolute atomic E-state index is 11.9. The van der Waals surface area contributed by atoms with Crippen molar-refractivity contribution in [2.75, 3.05) is 0 Å². The molecule has 6 heteroatoms. The number of aliphatic carboxylic acids is 1. The van der Waals surface area contributed by atoms with Gasteiger partial charge < -0.3 is 10.4 Å². The van der Waals surface area contributed by atoms with Crippen LogP contribution in [0.15, 0.2) is 30.3 Å². The molecule has 0 fully saturated rings. The number of carbonyl (C=O) groups is 2. The molecule has 0 spiro atoms. The van der Waals surface area contributed by atoms with Gasteiger partial charge in [-0.1, -0.05) is 12.1 Å². The van der Waals surface area contributed by atoms with Crippen molar-refractivity contribution in [1.82, 2.24) is 15.1 Å². The molecule has 116 valence electrons. The van der Waals surface area contributed by atoms with Gasteiger partial charge in [0.25, 0.3) is 5.91 Å². The van der Waals surface area contributed by atoms with E-state index in [1.807, 2.05) is 36.7 Å². The molecule has 0 bridgehead atoms. The average molecular weight is 301 g/mol. The molecule has 1 aromatic carbocycles. The Hall–Kier alpha value is -2.63. The lowest BCUT2D eigenvalue weighted by molar-refractivity contribution is -0.138. The Morgan fingerprint density at radius 1 is 1.27 bits per heavy atom. The van der Waals surface area contributed by atoms with Crippen molar-refractivity contribution in [2.24, 2.45) is 0 Å². The predicted molar refractivity (Wildman–Crippen MR) is 81.8 cm³/mol. The Morgan fingerprint density at radius 2 is 1.91 bits per heavy atom. The molecule has 2 aromatic rings. The van der Waals surface area contributed by atoms with Gasteiger partial charge in [-0.3, -0.25) is 14.3 Å². The van der Waals surface area contributed by atoms with Gasteiger partial charge in [0.1, 0.15) is 6.04 Å². The average Bonchev–Trinajstić information content (AvgIpc) is 2.77. The van der Waals surface area contributed by atoms with E-state index in [0.717, 1.165) is 17.0 Å². The predicted octanol–water partition coefficient (Wildman–Crippen LogP) is 1.75. The highest BCUT2D eigenvalue weighted by atomic mass is 16.4. The van der Waals surface area contributed by atoms with Crippen LogP contribution >= 0.6 is 0 Å². The summed E-state index contributed by atoms with van der Waals surface area (Å²) in [5.74, 6) is -1.46. The van der Waals surface area contributed by atoms with Crippen LogP contribution in [0, 0.1) is 13.8 Å². The number of aryl methyl sites for hydroxylation is 2. The highest BCUT2D eigenvalue weighted by Gasteiger charge is 2.15. The lowest BCUT2D eigenvalue weighted by atomic mass is 10.1. The maximum Gasteiger partial charge on any atom is 0.325 e. The molecule has 0 saturated carbocycles. The number of carboxylic acid groups (broad SMARTS) is 1. The molecular weight excluding hydrogens is 282 g/mol. The fourth-order valence-corrected chi connectivity index (χ4v) is 2.11. The number of nitrogens with zero attached hydrogens (tertiary/aromatic N) is 2. The molecule has 1 heterocycles. The molecule has 0 aliphatic heterocycles. The van der Waals surface area contributed by atoms with Crippen LogP contribution in [0.4, 0.5) is 0 Å². The second-order valence-electron chi connectivity index (χ2n) is 5.32. The monoisotopic (exact) mass is 301 g/mol. The third-order valence-corrected chi connectivity index (χ3v) is 3.37. The van der Waals surface area contributed by atoms with E-state index in [2.05, 4.69) is 10.4 Å². The number of hydrogen-bond acceptors (Lipinski definition) is 3. The number of carboxylic acids is 1. The van der Waals surface area contributed by atoms with Gasteiger partial charge in [0.15, 0.2) is 0 Å². The molecule has 0 saturated heterocycles. The zero-order chi connectivity index (χ0) is 16.3. The normalized spacial score (nSPS) is 12.0. The van der Waals surface area contributed by atoms with E-state index in [0.29, 0.717) is 12.1 Å². The third-order valence-electron chi connectivity index (χ3n) is 3.37. The van der Waals surface area contributed by atoms with E-state index in [9.17, 15) is 9.59 Å². The highest BCUT2D eigenvalue weighted by molar-refractivity contribution is 5.96. The summed E-state index contributed by atoms with van der Waals surface area (Å²) in [7, 11) is 0. The first-order valence-corrected chi connectivity index (χ1v) is 7.00. The molecule has 1 aromatic heterocycles. The van der Waals surface area contributed by atoms with Crippen molar-refractivity contribution in [3.05, 3.63) is 52.8 Å². The van der Waals surface area contributed by atoms with Gasteiger partial charge in [0.05, 0.1) is 12.2 Å². The minimum absolute atomic E-state index is 0.396. The topological polar surface area (TPSA) is 84.2 Å². The maximum atomic E-state index is 11.9. The first kappa shape index (κ1) is 15.8. The van der Waals surface area contributed by atoms with E-state index in [-0.39, 0.29) is 0 Å². The number of aromatic nitrogens is 2. The summed E-state index contributed by atoms with van der Waals surface area (Å²) in [5, 5.41) is 15.6. The number of carbonyl (C=O) groups excluding carboxylic acids is 1. The molecule has 6 nitrogen and oxygen atoms in total. The number of amides is 1. The fourth-order valence-electron chi connectivity index (χ4n) is 2.11. The summed E-state index contributed by atoms with van der Waals surface area (Å²) in [5.41, 5.74) is 3.50.